The summed E-state index contributed by atoms with van der Waals surface area (Å²) in [7, 11) is 0. The van der Waals surface area contributed by atoms with E-state index in [1.54, 1.807) is 0 Å². The molecule has 1 aliphatic heterocycles. The average molecular weight is 159 g/mol. The maximum absolute atomic E-state index is 2.52. The fraction of sp³-hybridized carbons (Fsp3) is 1.00. The molecule has 60 valence electrons. The smallest absolute Gasteiger partial charge is 0.0299 e. The number of hydrogen-bond donors (Lipinski definition) is 0. The summed E-state index contributed by atoms with van der Waals surface area (Å²) in [6.45, 7) is 9.41. The molecule has 1 fully saturated rings. The molecular formula is C8H17NS. The fourth-order valence-electron chi connectivity index (χ4n) is 1.13. The molecule has 0 saturated carbocycles. The summed E-state index contributed by atoms with van der Waals surface area (Å²) in [5.74, 6) is 0. The van der Waals surface area contributed by atoms with E-state index in [0.29, 0.717) is 5.54 Å². The number of thioether (sulfide) groups is 1. The van der Waals surface area contributed by atoms with E-state index < -0.39 is 0 Å². The van der Waals surface area contributed by atoms with Crippen LogP contribution in [0.3, 0.4) is 0 Å². The first kappa shape index (κ1) is 8.41. The Morgan fingerprint density at radius 2 is 1.80 bits per heavy atom. The third-order valence-electron chi connectivity index (χ3n) is 2.13. The molecule has 0 unspecified atom stereocenters. The molecule has 0 spiro atoms. The van der Waals surface area contributed by atoms with Crippen LogP contribution in [0.5, 0.6) is 0 Å². The Labute approximate surface area is 68.2 Å². The van der Waals surface area contributed by atoms with Crippen molar-refractivity contribution in [3.8, 4) is 0 Å². The van der Waals surface area contributed by atoms with Crippen LogP contribution in [0.15, 0.2) is 0 Å². The molecule has 1 saturated heterocycles. The van der Waals surface area contributed by atoms with Gasteiger partial charge in [0, 0.05) is 23.9 Å². The third kappa shape index (κ3) is 1.67. The van der Waals surface area contributed by atoms with Crippen molar-refractivity contribution < 1.29 is 0 Å². The summed E-state index contributed by atoms with van der Waals surface area (Å²) in [6.07, 6.45) is 2.20. The zero-order valence-corrected chi connectivity index (χ0v) is 8.16. The second-order valence-corrected chi connectivity index (χ2v) is 5.07. The lowest BCUT2D eigenvalue weighted by molar-refractivity contribution is 0.0755. The Hall–Kier alpha value is 0.310. The molecule has 0 aromatic carbocycles. The van der Waals surface area contributed by atoms with Gasteiger partial charge in [-0.25, -0.2) is 0 Å². The normalized spacial score (nSPS) is 22.8. The molecule has 10 heavy (non-hydrogen) atoms. The fourth-order valence-corrected chi connectivity index (χ4v) is 1.79. The molecular weight excluding hydrogens is 142 g/mol. The summed E-state index contributed by atoms with van der Waals surface area (Å²) in [5.41, 5.74) is 0.395. The van der Waals surface area contributed by atoms with E-state index in [2.05, 4.69) is 31.9 Å². The van der Waals surface area contributed by atoms with Gasteiger partial charge in [-0.2, -0.15) is 11.8 Å². The van der Waals surface area contributed by atoms with Gasteiger partial charge in [-0.05, 0) is 27.0 Å². The van der Waals surface area contributed by atoms with Gasteiger partial charge >= 0.3 is 0 Å². The Kier molecular flexibility index (Phi) is 2.31. The van der Waals surface area contributed by atoms with Gasteiger partial charge in [0.2, 0.25) is 0 Å². The van der Waals surface area contributed by atoms with Crippen LogP contribution in [0.25, 0.3) is 0 Å². The highest BCUT2D eigenvalue weighted by Gasteiger charge is 2.33. The quantitative estimate of drug-likeness (QED) is 0.574. The van der Waals surface area contributed by atoms with Crippen molar-refractivity contribution in [2.24, 2.45) is 0 Å². The highest BCUT2D eigenvalue weighted by atomic mass is 32.2. The van der Waals surface area contributed by atoms with Crippen molar-refractivity contribution in [1.29, 1.82) is 0 Å². The van der Waals surface area contributed by atoms with E-state index in [4.69, 9.17) is 0 Å². The van der Waals surface area contributed by atoms with Crippen molar-refractivity contribution in [2.45, 2.75) is 31.6 Å². The summed E-state index contributed by atoms with van der Waals surface area (Å²) < 4.78 is 0. The van der Waals surface area contributed by atoms with Crippen molar-refractivity contribution in [3.05, 3.63) is 0 Å². The Balaban J connectivity index is 2.26. The molecule has 0 aliphatic carbocycles. The lowest BCUT2D eigenvalue weighted by atomic mass is 10.0. The number of nitrogens with zero attached hydrogens (tertiary/aromatic N) is 1. The molecule has 1 rings (SSSR count). The van der Waals surface area contributed by atoms with E-state index in [0.717, 1.165) is 5.25 Å². The van der Waals surface area contributed by atoms with Crippen LogP contribution in [0.2, 0.25) is 0 Å². The van der Waals surface area contributed by atoms with E-state index >= 15 is 0 Å². The minimum atomic E-state index is 0.395. The summed E-state index contributed by atoms with van der Waals surface area (Å²) in [5, 5.41) is 0.902. The van der Waals surface area contributed by atoms with Gasteiger partial charge in [-0.3, -0.25) is 4.90 Å². The number of hydrogen-bond acceptors (Lipinski definition) is 2. The second kappa shape index (κ2) is 2.74. The zero-order valence-electron chi connectivity index (χ0n) is 7.35. The summed E-state index contributed by atoms with van der Waals surface area (Å²) in [4.78, 5) is 2.52. The second-order valence-electron chi connectivity index (χ2n) is 3.93. The van der Waals surface area contributed by atoms with Gasteiger partial charge in [0.05, 0.1) is 0 Å². The van der Waals surface area contributed by atoms with Crippen LogP contribution < -0.4 is 0 Å². The van der Waals surface area contributed by atoms with Crippen molar-refractivity contribution in [3.63, 3.8) is 0 Å². The Morgan fingerprint density at radius 1 is 1.30 bits per heavy atom. The first-order valence-electron chi connectivity index (χ1n) is 3.82. The lowest BCUT2D eigenvalue weighted by Gasteiger charge is -2.47. The van der Waals surface area contributed by atoms with Gasteiger partial charge in [0.1, 0.15) is 0 Å². The zero-order chi connectivity index (χ0) is 7.78. The SMILES string of the molecule is CSC1CN(C(C)(C)C)C1. The van der Waals surface area contributed by atoms with Gasteiger partial charge in [0.25, 0.3) is 0 Å². The van der Waals surface area contributed by atoms with Gasteiger partial charge in [-0.15, -0.1) is 0 Å². The highest BCUT2D eigenvalue weighted by molar-refractivity contribution is 7.99. The van der Waals surface area contributed by atoms with E-state index in [9.17, 15) is 0 Å². The summed E-state index contributed by atoms with van der Waals surface area (Å²) >= 11 is 1.99. The van der Waals surface area contributed by atoms with E-state index in [-0.39, 0.29) is 0 Å². The maximum Gasteiger partial charge on any atom is 0.0299 e. The largest absolute Gasteiger partial charge is 0.296 e. The highest BCUT2D eigenvalue weighted by Crippen LogP contribution is 2.26. The Morgan fingerprint density at radius 3 is 2.10 bits per heavy atom. The first-order chi connectivity index (χ1) is 4.54. The predicted molar refractivity (Wildman–Crippen MR) is 48.6 cm³/mol. The first-order valence-corrected chi connectivity index (χ1v) is 5.10. The molecule has 0 aromatic heterocycles. The van der Waals surface area contributed by atoms with Gasteiger partial charge < -0.3 is 0 Å². The molecule has 0 bridgehead atoms. The van der Waals surface area contributed by atoms with Crippen LogP contribution in [0, 0.1) is 0 Å². The monoisotopic (exact) mass is 159 g/mol. The molecule has 0 amide bonds. The van der Waals surface area contributed by atoms with Crippen LogP contribution in [-0.4, -0.2) is 35.0 Å². The molecule has 0 atom stereocenters. The lowest BCUT2D eigenvalue weighted by Crippen LogP contribution is -2.57. The minimum absolute atomic E-state index is 0.395. The van der Waals surface area contributed by atoms with Crippen molar-refractivity contribution >= 4 is 11.8 Å². The number of rotatable bonds is 1. The minimum Gasteiger partial charge on any atom is -0.296 e. The molecule has 1 heterocycles. The summed E-state index contributed by atoms with van der Waals surface area (Å²) in [6, 6.07) is 0. The predicted octanol–water partition coefficient (Wildman–Crippen LogP) is 1.83. The standard InChI is InChI=1S/C8H17NS/c1-8(2,3)9-5-7(6-9)10-4/h7H,5-6H2,1-4H3. The molecule has 0 radical (unpaired) electrons. The van der Waals surface area contributed by atoms with E-state index in [1.807, 2.05) is 11.8 Å². The molecule has 0 N–H and O–H groups in total. The molecule has 2 heteroatoms. The van der Waals surface area contributed by atoms with Gasteiger partial charge in [-0.1, -0.05) is 0 Å². The molecule has 1 aliphatic rings. The molecule has 0 aromatic rings. The van der Waals surface area contributed by atoms with Crippen LogP contribution in [0.1, 0.15) is 20.8 Å². The van der Waals surface area contributed by atoms with E-state index in [1.165, 1.54) is 13.1 Å². The van der Waals surface area contributed by atoms with Crippen LogP contribution in [-0.2, 0) is 0 Å². The van der Waals surface area contributed by atoms with Gasteiger partial charge in [0.15, 0.2) is 0 Å². The maximum atomic E-state index is 2.52. The Bertz CT molecular complexity index is 111. The molecule has 1 nitrogen and oxygen atoms in total. The van der Waals surface area contributed by atoms with Crippen LogP contribution >= 0.6 is 11.8 Å². The topological polar surface area (TPSA) is 3.24 Å². The number of likely N-dealkylation sites (tertiary alicyclic amines) is 1. The average Bonchev–Trinajstić information content (AvgIpc) is 1.57. The van der Waals surface area contributed by atoms with Crippen LogP contribution in [0.4, 0.5) is 0 Å². The third-order valence-corrected chi connectivity index (χ3v) is 3.09. The van der Waals surface area contributed by atoms with Crippen molar-refractivity contribution in [2.75, 3.05) is 19.3 Å². The van der Waals surface area contributed by atoms with Crippen molar-refractivity contribution in [1.82, 2.24) is 4.90 Å².